The van der Waals surface area contributed by atoms with Gasteiger partial charge >= 0.3 is 0 Å². The van der Waals surface area contributed by atoms with Gasteiger partial charge in [0.15, 0.2) is 0 Å². The summed E-state index contributed by atoms with van der Waals surface area (Å²) >= 11 is 5.94. The average molecular weight is 351 g/mol. The highest BCUT2D eigenvalue weighted by Gasteiger charge is 2.22. The predicted molar refractivity (Wildman–Crippen MR) is 99.6 cm³/mol. The van der Waals surface area contributed by atoms with Gasteiger partial charge in [-0.2, -0.15) is 0 Å². The number of carbonyl (C=O) groups is 2. The van der Waals surface area contributed by atoms with Crippen LogP contribution in [-0.4, -0.2) is 18.7 Å². The SMILES string of the molecule is CCC(=O)C(CCCCC=Cc1ccc(Cl)cc1OC)C(=O)CC. The summed E-state index contributed by atoms with van der Waals surface area (Å²) in [7, 11) is 1.62. The van der Waals surface area contributed by atoms with Gasteiger partial charge in [0, 0.05) is 23.4 Å². The van der Waals surface area contributed by atoms with Crippen LogP contribution in [0.15, 0.2) is 24.3 Å². The number of benzene rings is 1. The van der Waals surface area contributed by atoms with E-state index in [2.05, 4.69) is 6.08 Å². The molecule has 0 saturated carbocycles. The van der Waals surface area contributed by atoms with Gasteiger partial charge in [-0.05, 0) is 37.5 Å². The number of Topliss-reactive ketones (excluding diaryl/α,β-unsaturated/α-hetero) is 2. The fourth-order valence-corrected chi connectivity index (χ4v) is 2.80. The van der Waals surface area contributed by atoms with Crippen molar-refractivity contribution in [3.8, 4) is 5.75 Å². The van der Waals surface area contributed by atoms with Gasteiger partial charge in [-0.1, -0.05) is 44.0 Å². The molecule has 132 valence electrons. The van der Waals surface area contributed by atoms with Gasteiger partial charge < -0.3 is 4.74 Å². The number of carbonyl (C=O) groups excluding carboxylic acids is 2. The van der Waals surface area contributed by atoms with Crippen molar-refractivity contribution in [3.05, 3.63) is 34.9 Å². The lowest BCUT2D eigenvalue weighted by molar-refractivity contribution is -0.132. The molecular weight excluding hydrogens is 324 g/mol. The van der Waals surface area contributed by atoms with E-state index in [-0.39, 0.29) is 11.6 Å². The van der Waals surface area contributed by atoms with E-state index in [0.717, 1.165) is 30.6 Å². The Morgan fingerprint density at radius 1 is 1.17 bits per heavy atom. The molecule has 0 saturated heterocycles. The van der Waals surface area contributed by atoms with E-state index in [1.165, 1.54) is 0 Å². The Bertz CT molecular complexity index is 562. The first kappa shape index (κ1) is 20.4. The third-order valence-corrected chi connectivity index (χ3v) is 4.32. The molecular formula is C20H27ClO3. The van der Waals surface area contributed by atoms with Gasteiger partial charge in [0.1, 0.15) is 17.3 Å². The summed E-state index contributed by atoms with van der Waals surface area (Å²) in [5.74, 6) is 0.493. The predicted octanol–water partition coefficient (Wildman–Crippen LogP) is 5.50. The highest BCUT2D eigenvalue weighted by atomic mass is 35.5. The Kier molecular flexibility index (Phi) is 9.39. The molecule has 0 fully saturated rings. The van der Waals surface area contributed by atoms with Crippen LogP contribution in [0.4, 0.5) is 0 Å². The molecule has 1 aromatic carbocycles. The molecule has 0 aliphatic rings. The molecule has 0 aliphatic heterocycles. The highest BCUT2D eigenvalue weighted by molar-refractivity contribution is 6.30. The zero-order chi connectivity index (χ0) is 17.9. The van der Waals surface area contributed by atoms with Crippen molar-refractivity contribution >= 4 is 29.2 Å². The van der Waals surface area contributed by atoms with Gasteiger partial charge in [-0.25, -0.2) is 0 Å². The maximum atomic E-state index is 11.9. The van der Waals surface area contributed by atoms with E-state index < -0.39 is 5.92 Å². The lowest BCUT2D eigenvalue weighted by Gasteiger charge is -2.12. The van der Waals surface area contributed by atoms with Crippen LogP contribution in [0.3, 0.4) is 0 Å². The number of hydrogen-bond acceptors (Lipinski definition) is 3. The lowest BCUT2D eigenvalue weighted by Crippen LogP contribution is -2.22. The second-order valence-electron chi connectivity index (χ2n) is 5.77. The van der Waals surface area contributed by atoms with Crippen LogP contribution in [0.5, 0.6) is 5.75 Å². The fourth-order valence-electron chi connectivity index (χ4n) is 2.64. The van der Waals surface area contributed by atoms with Gasteiger partial charge in [0.05, 0.1) is 13.0 Å². The van der Waals surface area contributed by atoms with E-state index in [1.807, 2.05) is 32.1 Å². The molecule has 0 unspecified atom stereocenters. The Labute approximate surface area is 150 Å². The molecule has 3 nitrogen and oxygen atoms in total. The minimum atomic E-state index is -0.402. The smallest absolute Gasteiger partial charge is 0.143 e. The Balaban J connectivity index is 2.45. The first-order valence-corrected chi connectivity index (χ1v) is 8.96. The third-order valence-electron chi connectivity index (χ3n) is 4.08. The van der Waals surface area contributed by atoms with Gasteiger partial charge in [-0.15, -0.1) is 0 Å². The second-order valence-corrected chi connectivity index (χ2v) is 6.20. The van der Waals surface area contributed by atoms with E-state index in [4.69, 9.17) is 16.3 Å². The van der Waals surface area contributed by atoms with Crippen molar-refractivity contribution in [2.75, 3.05) is 7.11 Å². The number of methoxy groups -OCH3 is 1. The molecule has 0 radical (unpaired) electrons. The quantitative estimate of drug-likeness (QED) is 0.391. The van der Waals surface area contributed by atoms with Crippen LogP contribution in [0.25, 0.3) is 6.08 Å². The van der Waals surface area contributed by atoms with Crippen molar-refractivity contribution in [1.29, 1.82) is 0 Å². The molecule has 0 aromatic heterocycles. The second kappa shape index (κ2) is 11.0. The standard InChI is InChI=1S/C20H27ClO3/c1-4-18(22)17(19(23)5-2)11-9-7-6-8-10-15-12-13-16(21)14-20(15)24-3/h8,10,12-14,17H,4-7,9,11H2,1-3H3. The minimum absolute atomic E-state index is 0.0725. The molecule has 0 heterocycles. The van der Waals surface area contributed by atoms with Crippen molar-refractivity contribution < 1.29 is 14.3 Å². The molecule has 0 spiro atoms. The van der Waals surface area contributed by atoms with Crippen LogP contribution >= 0.6 is 11.6 Å². The first-order chi connectivity index (χ1) is 11.5. The monoisotopic (exact) mass is 350 g/mol. The van der Waals surface area contributed by atoms with Gasteiger partial charge in [0.2, 0.25) is 0 Å². The summed E-state index contributed by atoms with van der Waals surface area (Å²) in [6.45, 7) is 3.64. The van der Waals surface area contributed by atoms with Crippen LogP contribution in [0.1, 0.15) is 57.9 Å². The van der Waals surface area contributed by atoms with Gasteiger partial charge in [0.25, 0.3) is 0 Å². The van der Waals surface area contributed by atoms with E-state index in [9.17, 15) is 9.59 Å². The van der Waals surface area contributed by atoms with E-state index >= 15 is 0 Å². The summed E-state index contributed by atoms with van der Waals surface area (Å²) in [5, 5.41) is 0.649. The van der Waals surface area contributed by atoms with Crippen LogP contribution in [-0.2, 0) is 9.59 Å². The highest BCUT2D eigenvalue weighted by Crippen LogP contribution is 2.24. The summed E-state index contributed by atoms with van der Waals surface area (Å²) in [6, 6.07) is 5.55. The van der Waals surface area contributed by atoms with Crippen LogP contribution in [0, 0.1) is 5.92 Å². The average Bonchev–Trinajstić information content (AvgIpc) is 2.60. The minimum Gasteiger partial charge on any atom is -0.496 e. The maximum Gasteiger partial charge on any atom is 0.143 e. The summed E-state index contributed by atoms with van der Waals surface area (Å²) in [5.41, 5.74) is 0.988. The van der Waals surface area contributed by atoms with Crippen LogP contribution in [0.2, 0.25) is 5.02 Å². The zero-order valence-electron chi connectivity index (χ0n) is 14.8. The van der Waals surface area contributed by atoms with Gasteiger partial charge in [-0.3, -0.25) is 9.59 Å². The van der Waals surface area contributed by atoms with Crippen molar-refractivity contribution in [1.82, 2.24) is 0 Å². The number of allylic oxidation sites excluding steroid dienone is 1. The summed E-state index contributed by atoms with van der Waals surface area (Å²) in [4.78, 5) is 23.7. The van der Waals surface area contributed by atoms with Crippen molar-refractivity contribution in [3.63, 3.8) is 0 Å². The lowest BCUT2D eigenvalue weighted by atomic mass is 9.90. The largest absolute Gasteiger partial charge is 0.496 e. The molecule has 0 aliphatic carbocycles. The Morgan fingerprint density at radius 2 is 1.83 bits per heavy atom. The molecule has 0 bridgehead atoms. The molecule has 4 heteroatoms. The fraction of sp³-hybridized carbons (Fsp3) is 0.500. The molecule has 0 N–H and O–H groups in total. The normalized spacial score (nSPS) is 11.2. The number of unbranched alkanes of at least 4 members (excludes halogenated alkanes) is 2. The van der Waals surface area contributed by atoms with E-state index in [1.54, 1.807) is 13.2 Å². The van der Waals surface area contributed by atoms with Crippen molar-refractivity contribution in [2.45, 2.75) is 52.4 Å². The molecule has 0 amide bonds. The van der Waals surface area contributed by atoms with Crippen molar-refractivity contribution in [2.24, 2.45) is 5.92 Å². The van der Waals surface area contributed by atoms with Crippen LogP contribution < -0.4 is 4.74 Å². The number of halogens is 1. The number of hydrogen-bond donors (Lipinski definition) is 0. The number of ketones is 2. The summed E-state index contributed by atoms with van der Waals surface area (Å²) < 4.78 is 5.30. The molecule has 0 atom stereocenters. The molecule has 24 heavy (non-hydrogen) atoms. The maximum absolute atomic E-state index is 11.9. The zero-order valence-corrected chi connectivity index (χ0v) is 15.6. The third kappa shape index (κ3) is 6.48. The Morgan fingerprint density at radius 3 is 2.42 bits per heavy atom. The topological polar surface area (TPSA) is 43.4 Å². The summed E-state index contributed by atoms with van der Waals surface area (Å²) in [6.07, 6.45) is 8.38. The first-order valence-electron chi connectivity index (χ1n) is 8.58. The number of ether oxygens (including phenoxy) is 1. The van der Waals surface area contributed by atoms with E-state index in [0.29, 0.717) is 24.3 Å². The molecule has 1 aromatic rings. The molecule has 1 rings (SSSR count). The Hall–Kier alpha value is -1.61. The number of rotatable bonds is 11.